The normalized spacial score (nSPS) is 0. The summed E-state index contributed by atoms with van der Waals surface area (Å²) in [6.45, 7) is 0. The molecule has 0 aromatic heterocycles. The van der Waals surface area contributed by atoms with Gasteiger partial charge in [0.15, 0.2) is 17.4 Å². The van der Waals surface area contributed by atoms with Crippen molar-refractivity contribution in [2.45, 2.75) is 0 Å². The average molecular weight is 254 g/mol. The zero-order chi connectivity index (χ0) is 0. The Balaban J connectivity index is 0. The van der Waals surface area contributed by atoms with Crippen LogP contribution in [0.3, 0.4) is 0 Å². The fraction of sp³-hybridized carbons (Fsp3) is 0. The van der Waals surface area contributed by atoms with E-state index < -0.39 is 0 Å². The molecule has 0 saturated carbocycles. The zero-order valence-electron chi connectivity index (χ0n) is 11.2. The van der Waals surface area contributed by atoms with Gasteiger partial charge in [-0.1, -0.05) is 0 Å². The van der Waals surface area contributed by atoms with Crippen LogP contribution in [-0.4, -0.2) is 168 Å². The predicted octanol–water partition coefficient (Wildman–Crippen LogP) is -1.81. The Bertz CT molecular complexity index is 21.3. The maximum Gasteiger partial charge on any atom is 2.00 e. The van der Waals surface area contributed by atoms with E-state index in [4.69, 9.17) is 0 Å². The number of rotatable bonds is 0. The van der Waals surface area contributed by atoms with Crippen molar-refractivity contribution in [2.24, 2.45) is 0 Å². The Labute approximate surface area is 191 Å². The monoisotopic (exact) mass is 254 g/mol. The van der Waals surface area contributed by atoms with Crippen LogP contribution in [0.4, 0.5) is 0 Å². The van der Waals surface area contributed by atoms with Crippen molar-refractivity contribution in [3.8, 4) is 0 Å². The Morgan fingerprint density at radius 3 is 0.667 bits per heavy atom. The van der Waals surface area contributed by atoms with Crippen LogP contribution in [-0.2, 0) is 17.1 Å². The van der Waals surface area contributed by atoms with Crippen LogP contribution < -0.4 is 0 Å². The summed E-state index contributed by atoms with van der Waals surface area (Å²) in [6, 6.07) is 0. The van der Waals surface area contributed by atoms with Crippen LogP contribution in [0.25, 0.3) is 0 Å². The first-order chi connectivity index (χ1) is 0. The van der Waals surface area contributed by atoms with Crippen LogP contribution in [0.5, 0.6) is 0 Å². The summed E-state index contributed by atoms with van der Waals surface area (Å²) in [5.74, 6) is 0. The van der Waals surface area contributed by atoms with Crippen LogP contribution in [0, 0.1) is 0 Å². The smallest absolute Gasteiger partial charge is 1.00 e. The van der Waals surface area contributed by atoms with Gasteiger partial charge in [0.05, 0.1) is 0 Å². The third-order valence-corrected chi connectivity index (χ3v) is 0. The minimum Gasteiger partial charge on any atom is -1.00 e. The molecule has 0 atom stereocenters. The molecule has 6 heavy (non-hydrogen) atoms. The molecule has 0 aliphatic rings. The minimum absolute atomic E-state index is 0. The summed E-state index contributed by atoms with van der Waals surface area (Å²) >= 11 is 0. The number of hydrogen-bond donors (Lipinski definition) is 0. The first kappa shape index (κ1) is 40.1. The third kappa shape index (κ3) is 22.5. The van der Waals surface area contributed by atoms with Gasteiger partial charge in [-0.2, -0.15) is 0 Å². The molecule has 0 aromatic carbocycles. The molecule has 0 aromatic rings. The first-order valence-electron chi connectivity index (χ1n) is 0. The topological polar surface area (TPSA) is 0 Å². The van der Waals surface area contributed by atoms with E-state index >= 15 is 0 Å². The second-order valence-electron chi connectivity index (χ2n) is 0. The van der Waals surface area contributed by atoms with Gasteiger partial charge >= 0.3 is 151 Å². The van der Waals surface area contributed by atoms with E-state index in [0.717, 1.165) is 0 Å². The van der Waals surface area contributed by atoms with E-state index in [1.54, 1.807) is 0 Å². The Kier molecular flexibility index (Phi) is 203. The third-order valence-electron chi connectivity index (χ3n) is 0. The van der Waals surface area contributed by atoms with Crippen molar-refractivity contribution in [1.82, 2.24) is 0 Å². The van der Waals surface area contributed by atoms with Crippen molar-refractivity contribution >= 4 is 168 Å². The molecule has 0 saturated heterocycles. The van der Waals surface area contributed by atoms with Crippen molar-refractivity contribution in [2.75, 3.05) is 0 Å². The molecular weight excluding hydrogens is 243 g/mol. The van der Waals surface area contributed by atoms with Crippen LogP contribution in [0.2, 0.25) is 0 Å². The molecule has 0 bridgehead atoms. The molecule has 0 N–H and O–H groups in total. The largest absolute Gasteiger partial charge is 2.00 e. The van der Waals surface area contributed by atoms with Gasteiger partial charge in [-0.25, -0.2) is 0 Å². The van der Waals surface area contributed by atoms with Crippen molar-refractivity contribution in [3.05, 3.63) is 0 Å². The molecule has 30 valence electrons. The van der Waals surface area contributed by atoms with E-state index in [2.05, 4.69) is 0 Å². The molecule has 0 nitrogen and oxygen atoms in total. The van der Waals surface area contributed by atoms with E-state index in [1.807, 2.05) is 0 Å². The molecule has 0 aliphatic heterocycles. The van der Waals surface area contributed by atoms with Gasteiger partial charge in [-0.05, 0) is 0 Å². The molecule has 0 amide bonds. The maximum absolute atomic E-state index is 0. The van der Waals surface area contributed by atoms with Gasteiger partial charge in [0.1, 0.15) is 0 Å². The fourth-order valence-electron chi connectivity index (χ4n) is 0. The Hall–Kier alpha value is 6.09. The molecule has 0 heterocycles. The van der Waals surface area contributed by atoms with Crippen molar-refractivity contribution < 1.29 is 28.5 Å². The van der Waals surface area contributed by atoms with Crippen LogP contribution >= 0.6 is 0 Å². The summed E-state index contributed by atoms with van der Waals surface area (Å²) in [6.07, 6.45) is 0. The second kappa shape index (κ2) is 30.4. The first-order valence-corrected chi connectivity index (χ1v) is 0. The standard InChI is InChI=1S/Al.4Ca.Fe.11H/q;4*+2;;;;;8*-1. The average Bonchev–Trinajstić information content (AvgIpc) is 0. The van der Waals surface area contributed by atoms with Crippen LogP contribution in [0.15, 0.2) is 0 Å². The quantitative estimate of drug-likeness (QED) is 0.447. The van der Waals surface area contributed by atoms with Crippen LogP contribution in [0.1, 0.15) is 11.4 Å². The van der Waals surface area contributed by atoms with Gasteiger partial charge in [0.25, 0.3) is 0 Å². The molecule has 0 fully saturated rings. The second-order valence-corrected chi connectivity index (χ2v) is 0. The van der Waals surface area contributed by atoms with Crippen molar-refractivity contribution in [3.63, 3.8) is 0 Å². The SMILES string of the molecule is [AlH3].[Ca+2].[Ca+2].[Ca+2].[Ca+2].[Fe].[H-].[H-].[H-].[H-].[H-].[H-].[H-].[H-]. The van der Waals surface area contributed by atoms with E-state index in [0.29, 0.717) is 0 Å². The predicted molar refractivity (Wildman–Crippen MR) is 41.9 cm³/mol. The van der Waals surface area contributed by atoms with Gasteiger partial charge in [-0.3, -0.25) is 0 Å². The molecular formula is H11AlCa4Fe. The van der Waals surface area contributed by atoms with Crippen molar-refractivity contribution in [1.29, 1.82) is 0 Å². The molecule has 0 unspecified atom stereocenters. The van der Waals surface area contributed by atoms with Gasteiger partial charge < -0.3 is 11.4 Å². The zero-order valence-corrected chi connectivity index (χ0v) is 13.1. The number of hydrogen-bond acceptors (Lipinski definition) is 0. The molecule has 0 aliphatic carbocycles. The maximum atomic E-state index is 0. The fourth-order valence-corrected chi connectivity index (χ4v) is 0. The van der Waals surface area contributed by atoms with E-state index in [-0.39, 0.29) is 197 Å². The summed E-state index contributed by atoms with van der Waals surface area (Å²) < 4.78 is 0. The van der Waals surface area contributed by atoms with E-state index in [9.17, 15) is 0 Å². The summed E-state index contributed by atoms with van der Waals surface area (Å²) in [4.78, 5) is 0. The van der Waals surface area contributed by atoms with Gasteiger partial charge in [0, 0.05) is 17.1 Å². The summed E-state index contributed by atoms with van der Waals surface area (Å²) in [5, 5.41) is 0. The van der Waals surface area contributed by atoms with Gasteiger partial charge in [-0.15, -0.1) is 0 Å². The Morgan fingerprint density at radius 1 is 0.667 bits per heavy atom. The summed E-state index contributed by atoms with van der Waals surface area (Å²) in [5.41, 5.74) is 0. The minimum atomic E-state index is 0. The Morgan fingerprint density at radius 2 is 0.667 bits per heavy atom. The molecule has 0 radical (unpaired) electrons. The summed E-state index contributed by atoms with van der Waals surface area (Å²) in [7, 11) is 0. The molecule has 6 heteroatoms. The molecule has 0 spiro atoms. The van der Waals surface area contributed by atoms with Gasteiger partial charge in [0.2, 0.25) is 0 Å². The molecule has 0 rings (SSSR count). The van der Waals surface area contributed by atoms with E-state index in [1.165, 1.54) is 0 Å².